The lowest BCUT2D eigenvalue weighted by molar-refractivity contribution is -0.137. The first-order valence-corrected chi connectivity index (χ1v) is 11.1. The molecule has 1 amide bonds. The molecule has 0 radical (unpaired) electrons. The van der Waals surface area contributed by atoms with Crippen LogP contribution in [0.4, 0.5) is 13.2 Å². The predicted octanol–water partition coefficient (Wildman–Crippen LogP) is 2.84. The number of sulfonamides is 1. The molecule has 33 heavy (non-hydrogen) atoms. The van der Waals surface area contributed by atoms with E-state index >= 15 is 0 Å². The van der Waals surface area contributed by atoms with Crippen LogP contribution >= 0.6 is 0 Å². The van der Waals surface area contributed by atoms with Crippen LogP contribution in [0.25, 0.3) is 16.4 Å². The van der Waals surface area contributed by atoms with E-state index in [1.165, 1.54) is 25.2 Å². The van der Waals surface area contributed by atoms with E-state index in [4.69, 9.17) is 0 Å². The molecule has 0 bridgehead atoms. The van der Waals surface area contributed by atoms with Gasteiger partial charge in [-0.2, -0.15) is 17.5 Å². The summed E-state index contributed by atoms with van der Waals surface area (Å²) in [7, 11) is -2.67. The van der Waals surface area contributed by atoms with E-state index < -0.39 is 34.2 Å². The Bertz CT molecular complexity index is 1450. The third-order valence-electron chi connectivity index (χ3n) is 5.04. The summed E-state index contributed by atoms with van der Waals surface area (Å²) in [6.45, 7) is -0.717. The Labute approximate surface area is 186 Å². The van der Waals surface area contributed by atoms with Gasteiger partial charge in [0.15, 0.2) is 11.5 Å². The second kappa shape index (κ2) is 8.45. The van der Waals surface area contributed by atoms with E-state index in [2.05, 4.69) is 15.5 Å². The number of alkyl halides is 3. The molecule has 1 N–H and O–H groups in total. The van der Waals surface area contributed by atoms with Crippen LogP contribution < -0.4 is 5.32 Å². The number of carbonyl (C=O) groups excluding carboxylic acids is 1. The Morgan fingerprint density at radius 3 is 2.52 bits per heavy atom. The number of nitrogens with zero attached hydrogens (tertiary/aromatic N) is 4. The molecule has 2 aromatic carbocycles. The summed E-state index contributed by atoms with van der Waals surface area (Å²) in [5.41, 5.74) is -0.702. The van der Waals surface area contributed by atoms with E-state index in [1.54, 1.807) is 18.2 Å². The molecule has 0 atom stereocenters. The first-order chi connectivity index (χ1) is 15.6. The molecule has 0 saturated carbocycles. The van der Waals surface area contributed by atoms with E-state index in [9.17, 15) is 26.4 Å². The summed E-state index contributed by atoms with van der Waals surface area (Å²) < 4.78 is 66.6. The smallest absolute Gasteiger partial charge is 0.348 e. The van der Waals surface area contributed by atoms with Gasteiger partial charge in [0, 0.05) is 13.2 Å². The van der Waals surface area contributed by atoms with E-state index in [1.807, 2.05) is 12.1 Å². The monoisotopic (exact) mass is 477 g/mol. The third-order valence-corrected chi connectivity index (χ3v) is 6.84. The first kappa shape index (κ1) is 22.7. The molecule has 0 unspecified atom stereocenters. The average Bonchev–Trinajstić information content (AvgIpc) is 3.19. The van der Waals surface area contributed by atoms with Crippen molar-refractivity contribution in [2.75, 3.05) is 13.6 Å². The van der Waals surface area contributed by atoms with Crippen LogP contribution in [0, 0.1) is 0 Å². The van der Waals surface area contributed by atoms with Gasteiger partial charge >= 0.3 is 6.18 Å². The standard InChI is InChI=1S/C21H18F3N5O3S/c1-28(33(31,32)17-8-6-14-4-2-3-5-15(14)10-17)13-20(30)25-11-19-27-26-18-9-7-16(12-29(18)19)21(22,23)24/h2-10,12H,11,13H2,1H3,(H,25,30). The molecule has 0 aliphatic heterocycles. The molecule has 12 heteroatoms. The summed E-state index contributed by atoms with van der Waals surface area (Å²) in [4.78, 5) is 12.4. The van der Waals surface area contributed by atoms with E-state index in [0.29, 0.717) is 0 Å². The van der Waals surface area contributed by atoms with Gasteiger partial charge in [-0.1, -0.05) is 30.3 Å². The fourth-order valence-electron chi connectivity index (χ4n) is 3.26. The van der Waals surface area contributed by atoms with Crippen LogP contribution in [0.3, 0.4) is 0 Å². The number of carbonyl (C=O) groups is 1. The maximum absolute atomic E-state index is 13.0. The second-order valence-corrected chi connectivity index (χ2v) is 9.35. The van der Waals surface area contributed by atoms with Crippen LogP contribution in [0.1, 0.15) is 11.4 Å². The molecular formula is C21H18F3N5O3S. The number of pyridine rings is 1. The number of fused-ring (bicyclic) bond motifs is 2. The molecular weight excluding hydrogens is 459 g/mol. The normalized spacial score (nSPS) is 12.5. The molecule has 0 spiro atoms. The van der Waals surface area contributed by atoms with Gasteiger partial charge in [-0.3, -0.25) is 9.20 Å². The lowest BCUT2D eigenvalue weighted by atomic mass is 10.1. The van der Waals surface area contributed by atoms with Gasteiger partial charge in [0.25, 0.3) is 0 Å². The summed E-state index contributed by atoms with van der Waals surface area (Å²) in [5.74, 6) is -0.574. The van der Waals surface area contributed by atoms with Crippen LogP contribution in [-0.2, 0) is 27.5 Å². The van der Waals surface area contributed by atoms with Crippen molar-refractivity contribution in [1.29, 1.82) is 0 Å². The Balaban J connectivity index is 1.45. The number of halogens is 3. The minimum atomic E-state index is -4.54. The molecule has 0 fully saturated rings. The fourth-order valence-corrected chi connectivity index (χ4v) is 4.42. The Hall–Kier alpha value is -3.51. The molecule has 2 aromatic heterocycles. The summed E-state index contributed by atoms with van der Waals surface area (Å²) in [5, 5.41) is 11.7. The molecule has 0 aliphatic carbocycles. The van der Waals surface area contributed by atoms with Crippen LogP contribution in [0.2, 0.25) is 0 Å². The molecule has 4 rings (SSSR count). The van der Waals surface area contributed by atoms with E-state index in [0.717, 1.165) is 31.7 Å². The van der Waals surface area contributed by atoms with Crippen molar-refractivity contribution in [3.8, 4) is 0 Å². The quantitative estimate of drug-likeness (QED) is 0.461. The summed E-state index contributed by atoms with van der Waals surface area (Å²) in [6, 6.07) is 14.0. The van der Waals surface area contributed by atoms with E-state index in [-0.39, 0.29) is 22.9 Å². The van der Waals surface area contributed by atoms with Gasteiger partial charge in [-0.25, -0.2) is 8.42 Å². The highest BCUT2D eigenvalue weighted by Gasteiger charge is 2.31. The SMILES string of the molecule is CN(CC(=O)NCc1nnc2ccc(C(F)(F)F)cn12)S(=O)(=O)c1ccc2ccccc2c1. The van der Waals surface area contributed by atoms with Gasteiger partial charge in [0.1, 0.15) is 0 Å². The number of hydrogen-bond acceptors (Lipinski definition) is 5. The highest BCUT2D eigenvalue weighted by molar-refractivity contribution is 7.89. The third kappa shape index (κ3) is 4.66. The van der Waals surface area contributed by atoms with Crippen molar-refractivity contribution in [3.63, 3.8) is 0 Å². The number of amides is 1. The Kier molecular flexibility index (Phi) is 5.80. The maximum atomic E-state index is 13.0. The molecule has 0 aliphatic rings. The van der Waals surface area contributed by atoms with Crippen LogP contribution in [0.5, 0.6) is 0 Å². The molecule has 4 aromatic rings. The summed E-state index contributed by atoms with van der Waals surface area (Å²) in [6.07, 6.45) is -3.70. The maximum Gasteiger partial charge on any atom is 0.417 e. The predicted molar refractivity (Wildman–Crippen MR) is 114 cm³/mol. The van der Waals surface area contributed by atoms with Gasteiger partial charge in [0.2, 0.25) is 15.9 Å². The molecule has 8 nitrogen and oxygen atoms in total. The van der Waals surface area contributed by atoms with Crippen molar-refractivity contribution in [2.24, 2.45) is 0 Å². The minimum Gasteiger partial charge on any atom is -0.348 e. The van der Waals surface area contributed by atoms with Crippen LogP contribution in [-0.4, -0.2) is 46.8 Å². The van der Waals surface area contributed by atoms with Crippen molar-refractivity contribution in [3.05, 3.63) is 72.2 Å². The molecule has 172 valence electrons. The fraction of sp³-hybridized carbons (Fsp3) is 0.190. The zero-order valence-corrected chi connectivity index (χ0v) is 18.1. The lowest BCUT2D eigenvalue weighted by Crippen LogP contribution is -2.38. The van der Waals surface area contributed by atoms with Gasteiger partial charge in [0.05, 0.1) is 23.5 Å². The number of rotatable bonds is 6. The minimum absolute atomic E-state index is 0.0413. The molecule has 0 saturated heterocycles. The average molecular weight is 477 g/mol. The number of likely N-dealkylation sites (N-methyl/N-ethyl adjacent to an activating group) is 1. The number of benzene rings is 2. The number of nitrogens with one attached hydrogen (secondary N) is 1. The van der Waals surface area contributed by atoms with Crippen LogP contribution in [0.15, 0.2) is 65.7 Å². The van der Waals surface area contributed by atoms with Gasteiger partial charge in [-0.05, 0) is 35.0 Å². The summed E-state index contributed by atoms with van der Waals surface area (Å²) >= 11 is 0. The van der Waals surface area contributed by atoms with Crippen molar-refractivity contribution < 1.29 is 26.4 Å². The first-order valence-electron chi connectivity index (χ1n) is 9.68. The second-order valence-electron chi connectivity index (χ2n) is 7.31. The zero-order valence-electron chi connectivity index (χ0n) is 17.2. The highest BCUT2D eigenvalue weighted by atomic mass is 32.2. The highest BCUT2D eigenvalue weighted by Crippen LogP contribution is 2.29. The Morgan fingerprint density at radius 2 is 1.79 bits per heavy atom. The lowest BCUT2D eigenvalue weighted by Gasteiger charge is -2.17. The van der Waals surface area contributed by atoms with Crippen molar-refractivity contribution in [2.45, 2.75) is 17.6 Å². The zero-order chi connectivity index (χ0) is 23.8. The largest absolute Gasteiger partial charge is 0.417 e. The number of hydrogen-bond donors (Lipinski definition) is 1. The van der Waals surface area contributed by atoms with Gasteiger partial charge < -0.3 is 5.32 Å². The van der Waals surface area contributed by atoms with Crippen molar-refractivity contribution in [1.82, 2.24) is 24.2 Å². The molecule has 2 heterocycles. The topological polar surface area (TPSA) is 96.7 Å². The Morgan fingerprint density at radius 1 is 1.06 bits per heavy atom. The van der Waals surface area contributed by atoms with Gasteiger partial charge in [-0.15, -0.1) is 10.2 Å². The number of aromatic nitrogens is 3. The van der Waals surface area contributed by atoms with Crippen molar-refractivity contribution >= 4 is 32.4 Å².